The Kier molecular flexibility index (Phi) is 3.71. The molecule has 0 aliphatic heterocycles. The molecule has 4 saturated carbocycles. The molecule has 0 spiro atoms. The largest absolute Gasteiger partial charge is 0.300 e. The van der Waals surface area contributed by atoms with Crippen LogP contribution < -0.4 is 5.32 Å². The van der Waals surface area contributed by atoms with Crippen LogP contribution in [0.4, 0.5) is 0 Å². The van der Waals surface area contributed by atoms with Crippen LogP contribution in [0.25, 0.3) is 0 Å². The van der Waals surface area contributed by atoms with Crippen molar-refractivity contribution in [1.82, 2.24) is 10.2 Å². The Balaban J connectivity index is 1.34. The predicted molar refractivity (Wildman–Crippen MR) is 83.8 cm³/mol. The van der Waals surface area contributed by atoms with Crippen molar-refractivity contribution in [3.63, 3.8) is 0 Å². The third kappa shape index (κ3) is 3.27. The van der Waals surface area contributed by atoms with Crippen LogP contribution >= 0.6 is 0 Å². The molecule has 3 nitrogen and oxygen atoms in total. The zero-order valence-corrected chi connectivity index (χ0v) is 13.2. The lowest BCUT2D eigenvalue weighted by atomic mass is 9.85. The van der Waals surface area contributed by atoms with Crippen molar-refractivity contribution in [1.29, 1.82) is 5.26 Å². The van der Waals surface area contributed by atoms with E-state index in [-0.39, 0.29) is 5.54 Å². The summed E-state index contributed by atoms with van der Waals surface area (Å²) in [5.41, 5.74) is -0.185. The monoisotopic (exact) mass is 287 g/mol. The van der Waals surface area contributed by atoms with Crippen molar-refractivity contribution in [3.05, 3.63) is 0 Å². The Bertz CT molecular complexity index is 417. The van der Waals surface area contributed by atoms with Gasteiger partial charge in [0.1, 0.15) is 5.54 Å². The highest BCUT2D eigenvalue weighted by atomic mass is 15.2. The van der Waals surface area contributed by atoms with Crippen LogP contribution in [0, 0.1) is 23.2 Å². The van der Waals surface area contributed by atoms with Gasteiger partial charge in [-0.05, 0) is 76.2 Å². The average molecular weight is 287 g/mol. The Morgan fingerprint density at radius 3 is 2.52 bits per heavy atom. The molecule has 0 aromatic rings. The Hall–Kier alpha value is -0.590. The molecule has 4 aliphatic carbocycles. The fourth-order valence-corrected chi connectivity index (χ4v) is 4.25. The minimum Gasteiger partial charge on any atom is -0.300 e. The highest BCUT2D eigenvalue weighted by Crippen LogP contribution is 2.41. The van der Waals surface area contributed by atoms with Crippen LogP contribution in [0.2, 0.25) is 0 Å². The number of hydrogen-bond acceptors (Lipinski definition) is 3. The average Bonchev–Trinajstić information content (AvgIpc) is 3.33. The summed E-state index contributed by atoms with van der Waals surface area (Å²) in [7, 11) is 0. The van der Waals surface area contributed by atoms with Crippen LogP contribution in [-0.4, -0.2) is 35.6 Å². The molecule has 0 saturated heterocycles. The van der Waals surface area contributed by atoms with E-state index >= 15 is 0 Å². The van der Waals surface area contributed by atoms with E-state index in [0.717, 1.165) is 18.4 Å². The molecule has 21 heavy (non-hydrogen) atoms. The molecule has 4 aliphatic rings. The van der Waals surface area contributed by atoms with Gasteiger partial charge < -0.3 is 4.90 Å². The first-order chi connectivity index (χ1) is 10.3. The van der Waals surface area contributed by atoms with Gasteiger partial charge in [-0.2, -0.15) is 5.26 Å². The number of hydrogen-bond donors (Lipinski definition) is 1. The minimum atomic E-state index is -0.185. The van der Waals surface area contributed by atoms with Gasteiger partial charge in [0.25, 0.3) is 0 Å². The zero-order chi connectivity index (χ0) is 14.3. The molecule has 0 radical (unpaired) electrons. The third-order valence-corrected chi connectivity index (χ3v) is 6.08. The second-order valence-electron chi connectivity index (χ2n) is 8.05. The van der Waals surface area contributed by atoms with E-state index in [1.165, 1.54) is 70.9 Å². The lowest BCUT2D eigenvalue weighted by Crippen LogP contribution is -2.49. The van der Waals surface area contributed by atoms with E-state index in [4.69, 9.17) is 0 Å². The van der Waals surface area contributed by atoms with Gasteiger partial charge in [0.2, 0.25) is 0 Å². The molecule has 4 rings (SSSR count). The molecule has 2 atom stereocenters. The number of nitriles is 1. The molecule has 2 unspecified atom stereocenters. The fourth-order valence-electron chi connectivity index (χ4n) is 4.25. The Labute approximate surface area is 129 Å². The summed E-state index contributed by atoms with van der Waals surface area (Å²) >= 11 is 0. The Morgan fingerprint density at radius 2 is 1.90 bits per heavy atom. The smallest absolute Gasteiger partial charge is 0.109 e. The highest BCUT2D eigenvalue weighted by Gasteiger charge is 2.46. The van der Waals surface area contributed by atoms with E-state index in [1.54, 1.807) is 0 Å². The molecular weight excluding hydrogens is 258 g/mol. The Morgan fingerprint density at radius 1 is 1.10 bits per heavy atom. The second kappa shape index (κ2) is 5.56. The van der Waals surface area contributed by atoms with E-state index < -0.39 is 0 Å². The molecule has 3 heteroatoms. The maximum absolute atomic E-state index is 9.78. The summed E-state index contributed by atoms with van der Waals surface area (Å²) < 4.78 is 0. The standard InChI is InChI=1S/C18H29N3/c19-13-18(20-16-5-6-16)10-1-2-15(18)9-11-21(17-7-8-17)12-14-3-4-14/h14-17,20H,1-12H2. The van der Waals surface area contributed by atoms with Crippen molar-refractivity contribution < 1.29 is 0 Å². The van der Waals surface area contributed by atoms with Gasteiger partial charge >= 0.3 is 0 Å². The number of nitrogens with one attached hydrogen (secondary N) is 1. The highest BCUT2D eigenvalue weighted by molar-refractivity contribution is 5.16. The van der Waals surface area contributed by atoms with E-state index in [2.05, 4.69) is 16.3 Å². The predicted octanol–water partition coefficient (Wildman–Crippen LogP) is 3.07. The quantitative estimate of drug-likeness (QED) is 0.746. The third-order valence-electron chi connectivity index (χ3n) is 6.08. The molecule has 0 aromatic carbocycles. The van der Waals surface area contributed by atoms with Crippen molar-refractivity contribution >= 4 is 0 Å². The summed E-state index contributed by atoms with van der Waals surface area (Å²) in [5, 5.41) is 13.5. The van der Waals surface area contributed by atoms with Gasteiger partial charge in [-0.25, -0.2) is 0 Å². The lowest BCUT2D eigenvalue weighted by Gasteiger charge is -2.32. The molecule has 116 valence electrons. The van der Waals surface area contributed by atoms with Crippen LogP contribution in [0.3, 0.4) is 0 Å². The topological polar surface area (TPSA) is 39.1 Å². The fraction of sp³-hybridized carbons (Fsp3) is 0.944. The number of nitrogens with zero attached hydrogens (tertiary/aromatic N) is 2. The first-order valence-corrected chi connectivity index (χ1v) is 9.22. The summed E-state index contributed by atoms with van der Waals surface area (Å²) in [6.45, 7) is 2.58. The van der Waals surface area contributed by atoms with E-state index in [1.807, 2.05) is 0 Å². The van der Waals surface area contributed by atoms with Gasteiger partial charge in [-0.3, -0.25) is 5.32 Å². The second-order valence-corrected chi connectivity index (χ2v) is 8.05. The van der Waals surface area contributed by atoms with Crippen LogP contribution in [-0.2, 0) is 0 Å². The van der Waals surface area contributed by atoms with Gasteiger partial charge in [-0.1, -0.05) is 6.42 Å². The maximum Gasteiger partial charge on any atom is 0.109 e. The molecule has 0 amide bonds. The van der Waals surface area contributed by atoms with E-state index in [9.17, 15) is 5.26 Å². The van der Waals surface area contributed by atoms with Gasteiger partial charge in [-0.15, -0.1) is 0 Å². The van der Waals surface area contributed by atoms with Crippen molar-refractivity contribution in [2.45, 2.75) is 81.8 Å². The van der Waals surface area contributed by atoms with Gasteiger partial charge in [0.15, 0.2) is 0 Å². The summed E-state index contributed by atoms with van der Waals surface area (Å²) in [6.07, 6.45) is 13.1. The lowest BCUT2D eigenvalue weighted by molar-refractivity contribution is 0.208. The van der Waals surface area contributed by atoms with Crippen LogP contribution in [0.15, 0.2) is 0 Å². The zero-order valence-electron chi connectivity index (χ0n) is 13.2. The van der Waals surface area contributed by atoms with E-state index in [0.29, 0.717) is 12.0 Å². The van der Waals surface area contributed by atoms with Crippen LogP contribution in [0.1, 0.15) is 64.2 Å². The van der Waals surface area contributed by atoms with Crippen molar-refractivity contribution in [2.24, 2.45) is 11.8 Å². The van der Waals surface area contributed by atoms with Crippen molar-refractivity contribution in [3.8, 4) is 6.07 Å². The molecule has 0 bridgehead atoms. The first-order valence-electron chi connectivity index (χ1n) is 9.22. The summed E-state index contributed by atoms with van der Waals surface area (Å²) in [6, 6.07) is 4.23. The van der Waals surface area contributed by atoms with Crippen molar-refractivity contribution in [2.75, 3.05) is 13.1 Å². The van der Waals surface area contributed by atoms with Crippen LogP contribution in [0.5, 0.6) is 0 Å². The minimum absolute atomic E-state index is 0.185. The maximum atomic E-state index is 9.78. The molecule has 4 fully saturated rings. The summed E-state index contributed by atoms with van der Waals surface area (Å²) in [4.78, 5) is 2.76. The SMILES string of the molecule is N#CC1(NC2CC2)CCCC1CCN(CC1CC1)C1CC1. The first kappa shape index (κ1) is 14.0. The molecule has 1 N–H and O–H groups in total. The van der Waals surface area contributed by atoms with Gasteiger partial charge in [0, 0.05) is 18.6 Å². The number of rotatable bonds is 8. The normalized spacial score (nSPS) is 36.1. The molecular formula is C18H29N3. The molecule has 0 heterocycles. The van der Waals surface area contributed by atoms with Gasteiger partial charge in [0.05, 0.1) is 6.07 Å². The molecule has 0 aromatic heterocycles. The summed E-state index contributed by atoms with van der Waals surface area (Å²) in [5.74, 6) is 1.59.